The molecule has 2 aliphatic rings. The van der Waals surface area contributed by atoms with Gasteiger partial charge >= 0.3 is 0 Å². The minimum Gasteiger partial charge on any atom is -0.329 e. The van der Waals surface area contributed by atoms with Crippen LogP contribution in [0.15, 0.2) is 17.5 Å². The molecular weight excluding hydrogens is 228 g/mol. The van der Waals surface area contributed by atoms with Crippen LogP contribution in [0, 0.1) is 17.8 Å². The first kappa shape index (κ1) is 11.7. The van der Waals surface area contributed by atoms with Gasteiger partial charge in [0.25, 0.3) is 0 Å². The molecule has 3 N–H and O–H groups in total. The molecule has 94 valence electrons. The van der Waals surface area contributed by atoms with Gasteiger partial charge in [-0.05, 0) is 61.4 Å². The third kappa shape index (κ3) is 2.90. The van der Waals surface area contributed by atoms with E-state index in [0.29, 0.717) is 12.6 Å². The van der Waals surface area contributed by atoms with Gasteiger partial charge in [-0.25, -0.2) is 0 Å². The van der Waals surface area contributed by atoms with E-state index in [-0.39, 0.29) is 0 Å². The molecule has 2 saturated carbocycles. The first-order valence-electron chi connectivity index (χ1n) is 6.85. The Labute approximate surface area is 108 Å². The van der Waals surface area contributed by atoms with Crippen LogP contribution in [-0.4, -0.2) is 13.1 Å². The van der Waals surface area contributed by atoms with Gasteiger partial charge in [0.2, 0.25) is 0 Å². The van der Waals surface area contributed by atoms with Gasteiger partial charge in [-0.1, -0.05) is 6.07 Å². The summed E-state index contributed by atoms with van der Waals surface area (Å²) in [6, 6.07) is 4.68. The lowest BCUT2D eigenvalue weighted by Gasteiger charge is -2.21. The highest BCUT2D eigenvalue weighted by molar-refractivity contribution is 7.10. The Morgan fingerprint density at radius 3 is 2.47 bits per heavy atom. The van der Waals surface area contributed by atoms with Gasteiger partial charge in [-0.15, -0.1) is 11.3 Å². The Morgan fingerprint density at radius 1 is 1.29 bits per heavy atom. The molecule has 2 fully saturated rings. The number of nitrogens with two attached hydrogens (primary N) is 1. The second-order valence-corrected chi connectivity index (χ2v) is 6.53. The third-order valence-corrected chi connectivity index (χ3v) is 5.16. The molecule has 0 aromatic carbocycles. The zero-order chi connectivity index (χ0) is 11.7. The van der Waals surface area contributed by atoms with E-state index < -0.39 is 0 Å². The Morgan fingerprint density at radius 2 is 2.00 bits per heavy atom. The summed E-state index contributed by atoms with van der Waals surface area (Å²) in [7, 11) is 0. The summed E-state index contributed by atoms with van der Waals surface area (Å²) >= 11 is 1.81. The average molecular weight is 250 g/mol. The fraction of sp³-hybridized carbons (Fsp3) is 0.714. The van der Waals surface area contributed by atoms with E-state index in [2.05, 4.69) is 22.8 Å². The molecule has 17 heavy (non-hydrogen) atoms. The van der Waals surface area contributed by atoms with Gasteiger partial charge in [0.1, 0.15) is 0 Å². The molecule has 0 saturated heterocycles. The van der Waals surface area contributed by atoms with Crippen LogP contribution in [0.2, 0.25) is 0 Å². The highest BCUT2D eigenvalue weighted by atomic mass is 32.1. The molecular formula is C14H22N2S. The van der Waals surface area contributed by atoms with Gasteiger partial charge in [0, 0.05) is 11.4 Å². The van der Waals surface area contributed by atoms with Crippen LogP contribution in [0.5, 0.6) is 0 Å². The van der Waals surface area contributed by atoms with Crippen molar-refractivity contribution in [1.82, 2.24) is 5.32 Å². The van der Waals surface area contributed by atoms with Crippen LogP contribution in [0.1, 0.15) is 36.6 Å². The maximum absolute atomic E-state index is 5.88. The smallest absolute Gasteiger partial charge is 0.0539 e. The van der Waals surface area contributed by atoms with Gasteiger partial charge in [0.15, 0.2) is 0 Å². The molecule has 0 bridgehead atoms. The van der Waals surface area contributed by atoms with Crippen LogP contribution in [0.4, 0.5) is 0 Å². The van der Waals surface area contributed by atoms with E-state index in [1.54, 1.807) is 0 Å². The number of hydrogen-bond acceptors (Lipinski definition) is 3. The molecule has 1 atom stereocenters. The van der Waals surface area contributed by atoms with Crippen molar-refractivity contribution in [1.29, 1.82) is 0 Å². The van der Waals surface area contributed by atoms with Crippen molar-refractivity contribution in [3.63, 3.8) is 0 Å². The lowest BCUT2D eigenvalue weighted by atomic mass is 9.97. The van der Waals surface area contributed by atoms with Crippen LogP contribution < -0.4 is 11.1 Å². The summed E-state index contributed by atoms with van der Waals surface area (Å²) in [6.07, 6.45) is 5.87. The second kappa shape index (κ2) is 5.09. The Bertz CT molecular complexity index is 329. The average Bonchev–Trinajstić information content (AvgIpc) is 3.27. The molecule has 0 spiro atoms. The maximum atomic E-state index is 5.88. The summed E-state index contributed by atoms with van der Waals surface area (Å²) < 4.78 is 0. The monoisotopic (exact) mass is 250 g/mol. The van der Waals surface area contributed by atoms with Gasteiger partial charge in [-0.3, -0.25) is 0 Å². The standard InChI is InChI=1S/C14H22N2S/c15-8-13(14-2-1-7-17-14)16-9-12(10-3-4-10)11-5-6-11/h1-2,7,10-13,16H,3-6,8-9,15H2. The van der Waals surface area contributed by atoms with Gasteiger partial charge in [-0.2, -0.15) is 0 Å². The van der Waals surface area contributed by atoms with E-state index in [0.717, 1.165) is 17.8 Å². The predicted octanol–water partition coefficient (Wildman–Crippen LogP) is 2.77. The lowest BCUT2D eigenvalue weighted by molar-refractivity contribution is 0.359. The van der Waals surface area contributed by atoms with Crippen molar-refractivity contribution in [2.45, 2.75) is 31.7 Å². The summed E-state index contributed by atoms with van der Waals surface area (Å²) in [4.78, 5) is 1.39. The molecule has 3 heteroatoms. The molecule has 0 radical (unpaired) electrons. The second-order valence-electron chi connectivity index (χ2n) is 5.55. The molecule has 2 aliphatic carbocycles. The van der Waals surface area contributed by atoms with Crippen molar-refractivity contribution in [3.05, 3.63) is 22.4 Å². The van der Waals surface area contributed by atoms with Crippen LogP contribution >= 0.6 is 11.3 Å². The minimum absolute atomic E-state index is 0.370. The van der Waals surface area contributed by atoms with E-state index >= 15 is 0 Å². The first-order chi connectivity index (χ1) is 8.38. The van der Waals surface area contributed by atoms with Crippen molar-refractivity contribution >= 4 is 11.3 Å². The topological polar surface area (TPSA) is 38.0 Å². The number of thiophene rings is 1. The van der Waals surface area contributed by atoms with Crippen molar-refractivity contribution < 1.29 is 0 Å². The molecule has 0 aliphatic heterocycles. The normalized spacial score (nSPS) is 22.0. The fourth-order valence-electron chi connectivity index (χ4n) is 2.83. The van der Waals surface area contributed by atoms with Crippen molar-refractivity contribution in [3.8, 4) is 0 Å². The molecule has 2 nitrogen and oxygen atoms in total. The van der Waals surface area contributed by atoms with E-state index in [1.165, 1.54) is 37.1 Å². The number of rotatable bonds is 7. The third-order valence-electron chi connectivity index (χ3n) is 4.18. The first-order valence-corrected chi connectivity index (χ1v) is 7.73. The SMILES string of the molecule is NCC(NCC(C1CC1)C1CC1)c1cccs1. The molecule has 0 amide bonds. The van der Waals surface area contributed by atoms with Crippen molar-refractivity contribution in [2.75, 3.05) is 13.1 Å². The zero-order valence-corrected chi connectivity index (χ0v) is 11.1. The van der Waals surface area contributed by atoms with Crippen LogP contribution in [-0.2, 0) is 0 Å². The summed E-state index contributed by atoms with van der Waals surface area (Å²) in [6.45, 7) is 1.89. The molecule has 3 rings (SSSR count). The van der Waals surface area contributed by atoms with Crippen molar-refractivity contribution in [2.24, 2.45) is 23.5 Å². The fourth-order valence-corrected chi connectivity index (χ4v) is 3.65. The Balaban J connectivity index is 1.54. The van der Waals surface area contributed by atoms with Crippen LogP contribution in [0.3, 0.4) is 0 Å². The summed E-state index contributed by atoms with van der Waals surface area (Å²) in [5.41, 5.74) is 5.88. The molecule has 1 aromatic heterocycles. The Kier molecular flexibility index (Phi) is 3.50. The maximum Gasteiger partial charge on any atom is 0.0539 e. The quantitative estimate of drug-likeness (QED) is 0.781. The lowest BCUT2D eigenvalue weighted by Crippen LogP contribution is -2.33. The molecule has 1 heterocycles. The summed E-state index contributed by atoms with van der Waals surface area (Å²) in [5, 5.41) is 5.84. The zero-order valence-electron chi connectivity index (χ0n) is 10.3. The van der Waals surface area contributed by atoms with E-state index in [9.17, 15) is 0 Å². The van der Waals surface area contributed by atoms with Crippen LogP contribution in [0.25, 0.3) is 0 Å². The number of nitrogens with one attached hydrogen (secondary N) is 1. The highest BCUT2D eigenvalue weighted by Gasteiger charge is 2.41. The molecule has 1 aromatic rings. The molecule has 1 unspecified atom stereocenters. The largest absolute Gasteiger partial charge is 0.329 e. The van der Waals surface area contributed by atoms with E-state index in [4.69, 9.17) is 5.73 Å². The predicted molar refractivity (Wildman–Crippen MR) is 73.1 cm³/mol. The van der Waals surface area contributed by atoms with Gasteiger partial charge in [0.05, 0.1) is 6.04 Å². The van der Waals surface area contributed by atoms with Gasteiger partial charge < -0.3 is 11.1 Å². The van der Waals surface area contributed by atoms with E-state index in [1.807, 2.05) is 11.3 Å². The number of hydrogen-bond donors (Lipinski definition) is 2. The highest BCUT2D eigenvalue weighted by Crippen LogP contribution is 2.49. The minimum atomic E-state index is 0.370. The summed E-state index contributed by atoms with van der Waals surface area (Å²) in [5.74, 6) is 2.98. The Hall–Kier alpha value is -0.380.